The molecule has 0 N–H and O–H groups in total. The van der Waals surface area contributed by atoms with Crippen molar-refractivity contribution < 1.29 is 27.8 Å². The normalized spacial score (nSPS) is 14.6. The minimum atomic E-state index is -0.344. The number of hydrogen-bond donors (Lipinski definition) is 0. The third-order valence-corrected chi connectivity index (χ3v) is 5.35. The minimum Gasteiger partial charge on any atom is -0.493 e. The molecule has 2 aromatic carbocycles. The molecule has 0 aliphatic carbocycles. The van der Waals surface area contributed by atoms with E-state index in [1.807, 2.05) is 0 Å². The molecule has 1 aromatic heterocycles. The Balaban J connectivity index is 1.86. The number of ether oxygens (including phenoxy) is 4. The third kappa shape index (κ3) is 4.08. The van der Waals surface area contributed by atoms with Crippen molar-refractivity contribution in [1.29, 1.82) is 0 Å². The van der Waals surface area contributed by atoms with Crippen molar-refractivity contribution >= 4 is 11.0 Å². The lowest BCUT2D eigenvalue weighted by molar-refractivity contribution is 0.0342. The number of nitrogens with zero attached hydrogens (tertiary/aromatic N) is 1. The van der Waals surface area contributed by atoms with E-state index in [0.29, 0.717) is 48.2 Å². The Labute approximate surface area is 178 Å². The van der Waals surface area contributed by atoms with Crippen LogP contribution < -0.4 is 19.6 Å². The van der Waals surface area contributed by atoms with Crippen LogP contribution in [0.5, 0.6) is 17.2 Å². The fourth-order valence-corrected chi connectivity index (χ4v) is 3.85. The zero-order valence-corrected chi connectivity index (χ0v) is 17.7. The van der Waals surface area contributed by atoms with E-state index in [-0.39, 0.29) is 22.4 Å². The summed E-state index contributed by atoms with van der Waals surface area (Å²) in [5, 5.41) is 0.251. The Morgan fingerprint density at radius 3 is 2.42 bits per heavy atom. The van der Waals surface area contributed by atoms with Gasteiger partial charge in [0.15, 0.2) is 16.9 Å². The van der Waals surface area contributed by atoms with Crippen LogP contribution >= 0.6 is 0 Å². The minimum absolute atomic E-state index is 0.241. The first kappa shape index (κ1) is 21.1. The van der Waals surface area contributed by atoms with Gasteiger partial charge in [-0.15, -0.1) is 0 Å². The molecule has 1 fully saturated rings. The highest BCUT2D eigenvalue weighted by atomic mass is 19.1. The van der Waals surface area contributed by atoms with Crippen LogP contribution in [0.25, 0.3) is 22.3 Å². The van der Waals surface area contributed by atoms with Gasteiger partial charge in [0.05, 0.1) is 34.5 Å². The summed E-state index contributed by atoms with van der Waals surface area (Å²) in [4.78, 5) is 15.2. The average molecular weight is 429 g/mol. The Kier molecular flexibility index (Phi) is 6.11. The first-order valence-electron chi connectivity index (χ1n) is 9.91. The molecule has 1 aliphatic rings. The molecule has 2 heterocycles. The number of halogens is 1. The summed E-state index contributed by atoms with van der Waals surface area (Å²) in [5.41, 5.74) is 1.38. The standard InChI is InChI=1S/C23H24FNO6/c1-27-20-12-19-21(23(29-3)22(20)28-2)17(26)11-18(31-19)16-5-4-15(24)10-14(16)13-25-6-8-30-9-7-25/h4-5,10-12H,6-9,13H2,1-3H3. The second-order valence-electron chi connectivity index (χ2n) is 7.18. The monoisotopic (exact) mass is 429 g/mol. The molecular formula is C23H24FNO6. The SMILES string of the molecule is COc1cc2oc(-c3ccc(F)cc3CN3CCOCC3)cc(=O)c2c(OC)c1OC. The lowest BCUT2D eigenvalue weighted by Crippen LogP contribution is -2.35. The molecule has 31 heavy (non-hydrogen) atoms. The topological polar surface area (TPSA) is 70.4 Å². The number of fused-ring (bicyclic) bond motifs is 1. The van der Waals surface area contributed by atoms with Crippen molar-refractivity contribution in [1.82, 2.24) is 4.90 Å². The second-order valence-corrected chi connectivity index (χ2v) is 7.18. The van der Waals surface area contributed by atoms with E-state index in [0.717, 1.165) is 18.7 Å². The molecule has 0 unspecified atom stereocenters. The number of rotatable bonds is 6. The molecule has 1 saturated heterocycles. The molecule has 0 saturated carbocycles. The predicted octanol–water partition coefficient (Wildman–Crippen LogP) is 3.46. The molecule has 0 bridgehead atoms. The van der Waals surface area contributed by atoms with Crippen molar-refractivity contribution in [2.75, 3.05) is 47.6 Å². The second kappa shape index (κ2) is 8.95. The molecule has 164 valence electrons. The summed E-state index contributed by atoms with van der Waals surface area (Å²) >= 11 is 0. The molecule has 0 radical (unpaired) electrons. The van der Waals surface area contributed by atoms with Gasteiger partial charge in [0, 0.05) is 37.3 Å². The molecule has 0 amide bonds. The maximum absolute atomic E-state index is 14.0. The summed E-state index contributed by atoms with van der Waals surface area (Å²) in [6.07, 6.45) is 0. The highest BCUT2D eigenvalue weighted by molar-refractivity contribution is 5.90. The molecule has 7 nitrogen and oxygen atoms in total. The van der Waals surface area contributed by atoms with Crippen molar-refractivity contribution in [2.45, 2.75) is 6.54 Å². The van der Waals surface area contributed by atoms with Crippen molar-refractivity contribution in [2.24, 2.45) is 0 Å². The quantitative estimate of drug-likeness (QED) is 0.594. The molecular weight excluding hydrogens is 405 g/mol. The number of morpholine rings is 1. The summed E-state index contributed by atoms with van der Waals surface area (Å²) in [7, 11) is 4.41. The van der Waals surface area contributed by atoms with Crippen LogP contribution in [-0.4, -0.2) is 52.5 Å². The fourth-order valence-electron chi connectivity index (χ4n) is 3.85. The van der Waals surface area contributed by atoms with E-state index in [1.165, 1.54) is 39.5 Å². The van der Waals surface area contributed by atoms with Gasteiger partial charge in [0.1, 0.15) is 22.5 Å². The van der Waals surface area contributed by atoms with Crippen LogP contribution in [0.4, 0.5) is 4.39 Å². The van der Waals surface area contributed by atoms with Crippen molar-refractivity contribution in [3.8, 4) is 28.6 Å². The number of benzene rings is 2. The molecule has 4 rings (SSSR count). The maximum atomic E-state index is 14.0. The molecule has 8 heteroatoms. The first-order chi connectivity index (χ1) is 15.0. The van der Waals surface area contributed by atoms with Crippen LogP contribution in [0.2, 0.25) is 0 Å². The molecule has 3 aromatic rings. The van der Waals surface area contributed by atoms with E-state index in [1.54, 1.807) is 12.1 Å². The van der Waals surface area contributed by atoms with Crippen LogP contribution in [0, 0.1) is 5.82 Å². The zero-order valence-electron chi connectivity index (χ0n) is 17.7. The predicted molar refractivity (Wildman–Crippen MR) is 114 cm³/mol. The third-order valence-electron chi connectivity index (χ3n) is 5.35. The zero-order chi connectivity index (χ0) is 22.0. The van der Waals surface area contributed by atoms with E-state index in [2.05, 4.69) is 4.90 Å². The average Bonchev–Trinajstić information content (AvgIpc) is 2.78. The highest BCUT2D eigenvalue weighted by Gasteiger charge is 2.22. The lowest BCUT2D eigenvalue weighted by atomic mass is 10.0. The van der Waals surface area contributed by atoms with Crippen LogP contribution in [0.3, 0.4) is 0 Å². The van der Waals surface area contributed by atoms with Crippen LogP contribution in [0.1, 0.15) is 5.56 Å². The Hall–Kier alpha value is -3.10. The van der Waals surface area contributed by atoms with Gasteiger partial charge in [-0.3, -0.25) is 9.69 Å². The number of methoxy groups -OCH3 is 3. The Morgan fingerprint density at radius 2 is 1.74 bits per heavy atom. The summed E-state index contributed by atoms with van der Waals surface area (Å²) in [5.74, 6) is 0.926. The number of hydrogen-bond acceptors (Lipinski definition) is 7. The van der Waals surface area contributed by atoms with Gasteiger partial charge in [-0.1, -0.05) is 0 Å². The Bertz CT molecular complexity index is 1150. The molecule has 0 spiro atoms. The molecule has 0 atom stereocenters. The van der Waals surface area contributed by atoms with E-state index in [4.69, 9.17) is 23.4 Å². The van der Waals surface area contributed by atoms with Gasteiger partial charge in [-0.25, -0.2) is 4.39 Å². The Morgan fingerprint density at radius 1 is 1.00 bits per heavy atom. The van der Waals surface area contributed by atoms with Gasteiger partial charge in [-0.05, 0) is 23.8 Å². The van der Waals surface area contributed by atoms with Crippen LogP contribution in [0.15, 0.2) is 39.5 Å². The van der Waals surface area contributed by atoms with Gasteiger partial charge in [0.25, 0.3) is 0 Å². The van der Waals surface area contributed by atoms with Gasteiger partial charge < -0.3 is 23.4 Å². The largest absolute Gasteiger partial charge is 0.493 e. The van der Waals surface area contributed by atoms with Crippen molar-refractivity contribution in [3.63, 3.8) is 0 Å². The van der Waals surface area contributed by atoms with E-state index in [9.17, 15) is 9.18 Å². The molecule has 1 aliphatic heterocycles. The van der Waals surface area contributed by atoms with Gasteiger partial charge in [-0.2, -0.15) is 0 Å². The maximum Gasteiger partial charge on any atom is 0.204 e. The van der Waals surface area contributed by atoms with Crippen molar-refractivity contribution in [3.05, 3.63) is 51.9 Å². The lowest BCUT2D eigenvalue weighted by Gasteiger charge is -2.27. The smallest absolute Gasteiger partial charge is 0.204 e. The van der Waals surface area contributed by atoms with Gasteiger partial charge in [0.2, 0.25) is 5.75 Å². The summed E-state index contributed by atoms with van der Waals surface area (Å²) in [6, 6.07) is 7.45. The fraction of sp³-hybridized carbons (Fsp3) is 0.348. The van der Waals surface area contributed by atoms with E-state index < -0.39 is 0 Å². The van der Waals surface area contributed by atoms with Crippen LogP contribution in [-0.2, 0) is 11.3 Å². The van der Waals surface area contributed by atoms with Gasteiger partial charge >= 0.3 is 0 Å². The highest BCUT2D eigenvalue weighted by Crippen LogP contribution is 2.43. The van der Waals surface area contributed by atoms with E-state index >= 15 is 0 Å². The summed E-state index contributed by atoms with van der Waals surface area (Å²) < 4.78 is 41.7. The summed E-state index contributed by atoms with van der Waals surface area (Å²) in [6.45, 7) is 3.30. The first-order valence-corrected chi connectivity index (χ1v) is 9.91.